The number of hydrogen-bond donors (Lipinski definition) is 2. The molecule has 1 aliphatic carbocycles. The van der Waals surface area contributed by atoms with Gasteiger partial charge in [-0.15, -0.1) is 0 Å². The van der Waals surface area contributed by atoms with Crippen LogP contribution in [0.25, 0.3) is 0 Å². The number of fused-ring (bicyclic) bond motifs is 1. The number of hydrogen-bond acceptors (Lipinski definition) is 4. The van der Waals surface area contributed by atoms with E-state index in [0.717, 1.165) is 38.2 Å². The van der Waals surface area contributed by atoms with Gasteiger partial charge < -0.3 is 15.0 Å². The number of para-hydroxylation sites is 3. The monoisotopic (exact) mass is 501 g/mol. The van der Waals surface area contributed by atoms with Crippen LogP contribution in [0.15, 0.2) is 78.9 Å². The largest absolute Gasteiger partial charge is 0.414 e. The molecular weight excluding hydrogens is 473 g/mol. The zero-order valence-corrected chi connectivity index (χ0v) is 20.3. The van der Waals surface area contributed by atoms with Crippen molar-refractivity contribution in [3.63, 3.8) is 0 Å². The summed E-state index contributed by atoms with van der Waals surface area (Å²) in [6.45, 7) is 0.321. The van der Waals surface area contributed by atoms with Gasteiger partial charge in [0, 0.05) is 12.1 Å². The van der Waals surface area contributed by atoms with E-state index in [1.54, 1.807) is 54.6 Å². The molecule has 8 heteroatoms. The van der Waals surface area contributed by atoms with Gasteiger partial charge in [0.15, 0.2) is 0 Å². The molecule has 0 aromatic heterocycles. The highest BCUT2D eigenvalue weighted by atomic mass is 19.1. The van der Waals surface area contributed by atoms with Crippen LogP contribution in [-0.2, 0) is 15.1 Å². The number of nitrogens with one attached hydrogen (secondary N) is 2. The van der Waals surface area contributed by atoms with Crippen LogP contribution in [0.4, 0.5) is 20.6 Å². The number of carbonyl (C=O) groups excluding carboxylic acids is 3. The molecule has 1 saturated carbocycles. The maximum absolute atomic E-state index is 15.3. The molecule has 0 saturated heterocycles. The van der Waals surface area contributed by atoms with Crippen molar-refractivity contribution in [3.05, 3.63) is 90.2 Å². The molecule has 5 rings (SSSR count). The second kappa shape index (κ2) is 10.4. The summed E-state index contributed by atoms with van der Waals surface area (Å²) in [6.07, 6.45) is 4.15. The third kappa shape index (κ3) is 4.79. The average molecular weight is 502 g/mol. The molecule has 3 amide bonds. The smallest absolute Gasteiger partial charge is 0.410 e. The molecule has 0 bridgehead atoms. The Morgan fingerprint density at radius 3 is 2.41 bits per heavy atom. The molecule has 2 aliphatic rings. The van der Waals surface area contributed by atoms with Gasteiger partial charge in [-0.1, -0.05) is 74.2 Å². The van der Waals surface area contributed by atoms with Crippen LogP contribution in [-0.4, -0.2) is 24.5 Å². The van der Waals surface area contributed by atoms with E-state index in [4.69, 9.17) is 4.74 Å². The Hall–Kier alpha value is -4.20. The van der Waals surface area contributed by atoms with E-state index >= 15 is 4.39 Å². The topological polar surface area (TPSA) is 87.7 Å². The van der Waals surface area contributed by atoms with Crippen LogP contribution >= 0.6 is 0 Å². The number of carbonyl (C=O) groups is 3. The summed E-state index contributed by atoms with van der Waals surface area (Å²) in [5.74, 6) is -1.74. The van der Waals surface area contributed by atoms with Crippen LogP contribution in [0, 0.1) is 11.7 Å². The molecule has 0 spiro atoms. The van der Waals surface area contributed by atoms with Crippen molar-refractivity contribution in [1.29, 1.82) is 0 Å². The van der Waals surface area contributed by atoms with E-state index in [9.17, 15) is 14.4 Å². The minimum Gasteiger partial charge on any atom is -0.410 e. The molecule has 1 unspecified atom stereocenters. The van der Waals surface area contributed by atoms with Crippen molar-refractivity contribution >= 4 is 29.3 Å². The second-order valence-electron chi connectivity index (χ2n) is 9.42. The Kier molecular flexibility index (Phi) is 6.90. The van der Waals surface area contributed by atoms with E-state index in [0.29, 0.717) is 23.8 Å². The Balaban J connectivity index is 1.59. The standard InChI is InChI=1S/C29H28FN3O4/c30-23-15-7-6-14-22(23)29(32-28(36)37-21-12-2-1-3-13-21)26(34)31-24-16-8-9-17-25(24)33(27(29)35)19-18-20-10-4-5-11-20/h1-3,6-9,12-17,20H,4-5,10-11,18-19H2,(H,31,34)(H,32,36). The van der Waals surface area contributed by atoms with Crippen LogP contribution in [0.3, 0.4) is 0 Å². The molecule has 1 aliphatic heterocycles. The maximum atomic E-state index is 15.3. The molecule has 1 heterocycles. The summed E-state index contributed by atoms with van der Waals surface area (Å²) < 4.78 is 20.7. The number of halogens is 1. The van der Waals surface area contributed by atoms with E-state index < -0.39 is 29.3 Å². The van der Waals surface area contributed by atoms with Crippen LogP contribution in [0.5, 0.6) is 5.75 Å². The van der Waals surface area contributed by atoms with E-state index in [1.807, 2.05) is 0 Å². The van der Waals surface area contributed by atoms with E-state index in [-0.39, 0.29) is 11.3 Å². The molecule has 190 valence electrons. The summed E-state index contributed by atoms with van der Waals surface area (Å²) >= 11 is 0. The third-order valence-electron chi connectivity index (χ3n) is 7.11. The molecule has 0 radical (unpaired) electrons. The summed E-state index contributed by atoms with van der Waals surface area (Å²) in [6, 6.07) is 20.6. The van der Waals surface area contributed by atoms with Crippen molar-refractivity contribution in [2.24, 2.45) is 5.92 Å². The molecule has 3 aromatic rings. The van der Waals surface area contributed by atoms with Gasteiger partial charge in [0.2, 0.25) is 5.54 Å². The minimum atomic E-state index is -2.40. The first-order valence-corrected chi connectivity index (χ1v) is 12.5. The Bertz CT molecular complexity index is 1310. The molecule has 37 heavy (non-hydrogen) atoms. The molecule has 1 atom stereocenters. The summed E-state index contributed by atoms with van der Waals surface area (Å²) in [5, 5.41) is 5.22. The number of benzene rings is 3. The lowest BCUT2D eigenvalue weighted by atomic mass is 9.86. The Labute approximate surface area is 214 Å². The summed E-state index contributed by atoms with van der Waals surface area (Å²) in [5.41, 5.74) is -1.76. The van der Waals surface area contributed by atoms with E-state index in [1.165, 1.54) is 23.1 Å². The van der Waals surface area contributed by atoms with Gasteiger partial charge in [-0.25, -0.2) is 9.18 Å². The molecule has 2 N–H and O–H groups in total. The summed E-state index contributed by atoms with van der Waals surface area (Å²) in [7, 11) is 0. The lowest BCUT2D eigenvalue weighted by Gasteiger charge is -2.34. The van der Waals surface area contributed by atoms with Gasteiger partial charge >= 0.3 is 6.09 Å². The van der Waals surface area contributed by atoms with Gasteiger partial charge in [-0.2, -0.15) is 0 Å². The highest BCUT2D eigenvalue weighted by Crippen LogP contribution is 2.38. The van der Waals surface area contributed by atoms with Gasteiger partial charge in [0.25, 0.3) is 11.8 Å². The van der Waals surface area contributed by atoms with Crippen molar-refractivity contribution in [2.75, 3.05) is 16.8 Å². The zero-order chi connectivity index (χ0) is 25.8. The van der Waals surface area contributed by atoms with Crippen molar-refractivity contribution in [3.8, 4) is 5.75 Å². The Morgan fingerprint density at radius 1 is 0.973 bits per heavy atom. The molecule has 7 nitrogen and oxygen atoms in total. The van der Waals surface area contributed by atoms with Crippen molar-refractivity contribution < 1.29 is 23.5 Å². The first kappa shape index (κ1) is 24.5. The normalized spacial score (nSPS) is 19.6. The second-order valence-corrected chi connectivity index (χ2v) is 9.42. The lowest BCUT2D eigenvalue weighted by Crippen LogP contribution is -2.63. The fourth-order valence-corrected chi connectivity index (χ4v) is 5.23. The molecule has 1 fully saturated rings. The van der Waals surface area contributed by atoms with E-state index in [2.05, 4.69) is 10.6 Å². The van der Waals surface area contributed by atoms with Crippen LogP contribution < -0.4 is 20.3 Å². The fourth-order valence-electron chi connectivity index (χ4n) is 5.23. The highest BCUT2D eigenvalue weighted by Gasteiger charge is 2.55. The number of rotatable bonds is 6. The zero-order valence-electron chi connectivity index (χ0n) is 20.3. The maximum Gasteiger partial charge on any atom is 0.414 e. The van der Waals surface area contributed by atoms with Gasteiger partial charge in [0.05, 0.1) is 11.4 Å². The van der Waals surface area contributed by atoms with Crippen LogP contribution in [0.1, 0.15) is 37.7 Å². The van der Waals surface area contributed by atoms with Gasteiger partial charge in [-0.3, -0.25) is 14.9 Å². The average Bonchev–Trinajstić information content (AvgIpc) is 3.40. The van der Waals surface area contributed by atoms with Crippen LogP contribution in [0.2, 0.25) is 0 Å². The number of nitrogens with zero attached hydrogens (tertiary/aromatic N) is 1. The number of amides is 3. The predicted octanol–water partition coefficient (Wildman–Crippen LogP) is 5.38. The first-order valence-electron chi connectivity index (χ1n) is 12.5. The first-order chi connectivity index (χ1) is 18.0. The fraction of sp³-hybridized carbons (Fsp3) is 0.276. The summed E-state index contributed by atoms with van der Waals surface area (Å²) in [4.78, 5) is 42.9. The van der Waals surface area contributed by atoms with Crippen molar-refractivity contribution in [1.82, 2.24) is 5.32 Å². The van der Waals surface area contributed by atoms with Gasteiger partial charge in [0.1, 0.15) is 11.6 Å². The lowest BCUT2D eigenvalue weighted by molar-refractivity contribution is -0.134. The quantitative estimate of drug-likeness (QED) is 0.444. The SMILES string of the molecule is O=C(NC1(c2ccccc2F)C(=O)Nc2ccccc2N(CCC2CCCC2)C1=O)Oc1ccccc1. The molecule has 3 aromatic carbocycles. The molecular formula is C29H28FN3O4. The third-order valence-corrected chi connectivity index (χ3v) is 7.11. The Morgan fingerprint density at radius 2 is 1.65 bits per heavy atom. The predicted molar refractivity (Wildman–Crippen MR) is 138 cm³/mol. The van der Waals surface area contributed by atoms with Crippen molar-refractivity contribution in [2.45, 2.75) is 37.6 Å². The number of anilines is 2. The number of ether oxygens (including phenoxy) is 1. The minimum absolute atomic E-state index is 0.214. The highest BCUT2D eigenvalue weighted by molar-refractivity contribution is 6.24. The van der Waals surface area contributed by atoms with Gasteiger partial charge in [-0.05, 0) is 42.7 Å².